The van der Waals surface area contributed by atoms with Gasteiger partial charge in [-0.05, 0) is 36.6 Å². The van der Waals surface area contributed by atoms with Crippen LogP contribution in [0.4, 0.5) is 5.69 Å². The molecule has 0 bridgehead atoms. The van der Waals surface area contributed by atoms with Gasteiger partial charge in [0.15, 0.2) is 5.17 Å². The molecule has 1 aliphatic rings. The van der Waals surface area contributed by atoms with Crippen molar-refractivity contribution in [1.29, 1.82) is 0 Å². The standard InChI is InChI=1S/C20H20ClN3O2S/c1-13-15(21)8-5-9-16(13)23-18(25)12-17-19(26)24-20(27-17)22-11-10-14-6-3-2-4-7-14/h2-9,17H,10-12H2,1H3,(H,23,25)(H,22,24,26)/t17-/m0/s1. The minimum Gasteiger partial charge on any atom is -0.326 e. The van der Waals surface area contributed by atoms with Crippen LogP contribution in [0.25, 0.3) is 0 Å². The summed E-state index contributed by atoms with van der Waals surface area (Å²) in [4.78, 5) is 28.8. The summed E-state index contributed by atoms with van der Waals surface area (Å²) in [6, 6.07) is 15.4. The van der Waals surface area contributed by atoms with Gasteiger partial charge in [0.25, 0.3) is 0 Å². The maximum Gasteiger partial charge on any atom is 0.240 e. The van der Waals surface area contributed by atoms with Crippen molar-refractivity contribution < 1.29 is 9.59 Å². The Hall–Kier alpha value is -2.31. The molecule has 3 rings (SSSR count). The number of rotatable bonds is 6. The normalized spacial score (nSPS) is 17.8. The molecule has 2 N–H and O–H groups in total. The van der Waals surface area contributed by atoms with Crippen molar-refractivity contribution in [3.63, 3.8) is 0 Å². The van der Waals surface area contributed by atoms with Crippen LogP contribution in [0, 0.1) is 6.92 Å². The number of nitrogens with zero attached hydrogens (tertiary/aromatic N) is 1. The zero-order valence-electron chi connectivity index (χ0n) is 14.9. The van der Waals surface area contributed by atoms with E-state index in [9.17, 15) is 9.59 Å². The van der Waals surface area contributed by atoms with Gasteiger partial charge in [-0.1, -0.05) is 59.8 Å². The molecule has 0 aromatic heterocycles. The number of aliphatic imine (C=N–C) groups is 1. The molecule has 0 radical (unpaired) electrons. The third-order valence-corrected chi connectivity index (χ3v) is 5.72. The Bertz CT molecular complexity index is 871. The molecule has 0 spiro atoms. The van der Waals surface area contributed by atoms with Crippen LogP contribution < -0.4 is 10.6 Å². The number of carbonyl (C=O) groups is 2. The molecule has 1 saturated heterocycles. The lowest BCUT2D eigenvalue weighted by atomic mass is 10.2. The molecule has 1 fully saturated rings. The molecule has 27 heavy (non-hydrogen) atoms. The highest BCUT2D eigenvalue weighted by molar-refractivity contribution is 8.15. The molecular formula is C20H20ClN3O2S. The van der Waals surface area contributed by atoms with Gasteiger partial charge in [0.2, 0.25) is 11.8 Å². The highest BCUT2D eigenvalue weighted by Crippen LogP contribution is 2.25. The second-order valence-corrected chi connectivity index (χ2v) is 7.78. The van der Waals surface area contributed by atoms with E-state index in [4.69, 9.17) is 11.6 Å². The third kappa shape index (κ3) is 5.34. The molecule has 1 aliphatic heterocycles. The number of thioether (sulfide) groups is 1. The fourth-order valence-electron chi connectivity index (χ4n) is 2.66. The first kappa shape index (κ1) is 19.5. The Kier molecular flexibility index (Phi) is 6.53. The van der Waals surface area contributed by atoms with Gasteiger partial charge in [-0.25, -0.2) is 0 Å². The molecule has 2 aromatic rings. The second-order valence-electron chi connectivity index (χ2n) is 6.18. The van der Waals surface area contributed by atoms with Crippen LogP contribution in [-0.2, 0) is 16.0 Å². The first-order valence-electron chi connectivity index (χ1n) is 8.64. The van der Waals surface area contributed by atoms with Gasteiger partial charge in [0.1, 0.15) is 5.25 Å². The number of hydrogen-bond acceptors (Lipinski definition) is 4. The zero-order valence-corrected chi connectivity index (χ0v) is 16.4. The van der Waals surface area contributed by atoms with Gasteiger partial charge in [-0.3, -0.25) is 14.6 Å². The largest absolute Gasteiger partial charge is 0.326 e. The summed E-state index contributed by atoms with van der Waals surface area (Å²) >= 11 is 7.37. The predicted molar refractivity (Wildman–Crippen MR) is 111 cm³/mol. The zero-order chi connectivity index (χ0) is 19.2. The Labute approximate surface area is 167 Å². The number of anilines is 1. The fourth-order valence-corrected chi connectivity index (χ4v) is 3.83. The number of halogens is 1. The monoisotopic (exact) mass is 401 g/mol. The number of hydrogen-bond donors (Lipinski definition) is 2. The maximum absolute atomic E-state index is 12.3. The number of nitrogens with one attached hydrogen (secondary N) is 2. The van der Waals surface area contributed by atoms with E-state index in [1.165, 1.54) is 17.3 Å². The summed E-state index contributed by atoms with van der Waals surface area (Å²) in [5, 5.41) is 6.27. The lowest BCUT2D eigenvalue weighted by Gasteiger charge is -2.10. The lowest BCUT2D eigenvalue weighted by Crippen LogP contribution is -2.28. The van der Waals surface area contributed by atoms with Crippen molar-refractivity contribution in [1.82, 2.24) is 5.32 Å². The van der Waals surface area contributed by atoms with Crippen molar-refractivity contribution in [3.8, 4) is 0 Å². The third-order valence-electron chi connectivity index (χ3n) is 4.19. The Morgan fingerprint density at radius 2 is 2.00 bits per heavy atom. The molecule has 1 atom stereocenters. The number of benzene rings is 2. The average Bonchev–Trinajstić information content (AvgIpc) is 2.99. The Morgan fingerprint density at radius 3 is 2.78 bits per heavy atom. The highest BCUT2D eigenvalue weighted by Gasteiger charge is 2.32. The molecule has 0 unspecified atom stereocenters. The van der Waals surface area contributed by atoms with Crippen LogP contribution in [0.15, 0.2) is 53.5 Å². The minimum absolute atomic E-state index is 0.0835. The molecular weight excluding hydrogens is 382 g/mol. The molecule has 7 heteroatoms. The topological polar surface area (TPSA) is 70.6 Å². The van der Waals surface area contributed by atoms with Gasteiger partial charge in [0, 0.05) is 23.7 Å². The molecule has 0 aliphatic carbocycles. The molecule has 5 nitrogen and oxygen atoms in total. The Balaban J connectivity index is 1.52. The summed E-state index contributed by atoms with van der Waals surface area (Å²) in [6.45, 7) is 2.43. The molecule has 2 amide bonds. The van der Waals surface area contributed by atoms with E-state index in [0.29, 0.717) is 22.4 Å². The first-order valence-corrected chi connectivity index (χ1v) is 9.89. The summed E-state index contributed by atoms with van der Waals surface area (Å²) < 4.78 is 0. The van der Waals surface area contributed by atoms with Crippen LogP contribution in [0.2, 0.25) is 5.02 Å². The van der Waals surface area contributed by atoms with Crippen molar-refractivity contribution in [2.75, 3.05) is 11.9 Å². The van der Waals surface area contributed by atoms with Crippen LogP contribution in [0.5, 0.6) is 0 Å². The average molecular weight is 402 g/mol. The summed E-state index contributed by atoms with van der Waals surface area (Å²) in [6.07, 6.45) is 0.889. The van der Waals surface area contributed by atoms with Gasteiger partial charge < -0.3 is 10.6 Å². The van der Waals surface area contributed by atoms with E-state index in [2.05, 4.69) is 15.6 Å². The Morgan fingerprint density at radius 1 is 1.22 bits per heavy atom. The van der Waals surface area contributed by atoms with Crippen LogP contribution in [-0.4, -0.2) is 28.8 Å². The predicted octanol–water partition coefficient (Wildman–Crippen LogP) is 3.81. The van der Waals surface area contributed by atoms with Crippen LogP contribution in [0.1, 0.15) is 17.5 Å². The summed E-state index contributed by atoms with van der Waals surface area (Å²) in [7, 11) is 0. The smallest absolute Gasteiger partial charge is 0.240 e. The van der Waals surface area contributed by atoms with E-state index in [1.54, 1.807) is 18.2 Å². The van der Waals surface area contributed by atoms with E-state index >= 15 is 0 Å². The van der Waals surface area contributed by atoms with E-state index in [0.717, 1.165) is 12.0 Å². The van der Waals surface area contributed by atoms with Gasteiger partial charge >= 0.3 is 0 Å². The lowest BCUT2D eigenvalue weighted by molar-refractivity contribution is -0.122. The number of amides is 2. The van der Waals surface area contributed by atoms with Gasteiger partial charge in [-0.2, -0.15) is 0 Å². The van der Waals surface area contributed by atoms with Crippen molar-refractivity contribution in [2.24, 2.45) is 4.99 Å². The van der Waals surface area contributed by atoms with Crippen LogP contribution >= 0.6 is 23.4 Å². The number of amidine groups is 1. The van der Waals surface area contributed by atoms with Crippen molar-refractivity contribution in [3.05, 3.63) is 64.7 Å². The first-order chi connectivity index (χ1) is 13.0. The highest BCUT2D eigenvalue weighted by atomic mass is 35.5. The van der Waals surface area contributed by atoms with E-state index in [1.807, 2.05) is 37.3 Å². The molecule has 1 heterocycles. The quantitative estimate of drug-likeness (QED) is 0.773. The van der Waals surface area contributed by atoms with Crippen molar-refractivity contribution >= 4 is 46.0 Å². The maximum atomic E-state index is 12.3. The van der Waals surface area contributed by atoms with Crippen LogP contribution in [0.3, 0.4) is 0 Å². The SMILES string of the molecule is Cc1c(Cl)cccc1NC(=O)C[C@@H]1SC(=NCCc2ccccc2)NC1=O. The van der Waals surface area contributed by atoms with Crippen molar-refractivity contribution in [2.45, 2.75) is 25.0 Å². The van der Waals surface area contributed by atoms with E-state index < -0.39 is 5.25 Å². The van der Waals surface area contributed by atoms with Gasteiger partial charge in [-0.15, -0.1) is 0 Å². The summed E-state index contributed by atoms with van der Waals surface area (Å²) in [5.41, 5.74) is 2.66. The fraction of sp³-hybridized carbons (Fsp3) is 0.250. The van der Waals surface area contributed by atoms with E-state index in [-0.39, 0.29) is 18.2 Å². The molecule has 140 valence electrons. The minimum atomic E-state index is -0.472. The number of carbonyl (C=O) groups excluding carboxylic acids is 2. The summed E-state index contributed by atoms with van der Waals surface area (Å²) in [5.74, 6) is -0.407. The van der Waals surface area contributed by atoms with Gasteiger partial charge in [0.05, 0.1) is 0 Å². The second kappa shape index (κ2) is 9.06. The molecule has 2 aromatic carbocycles. The molecule has 0 saturated carbocycles.